The van der Waals surface area contributed by atoms with E-state index < -0.39 is 17.5 Å². The highest BCUT2D eigenvalue weighted by molar-refractivity contribution is 5.46. The lowest BCUT2D eigenvalue weighted by Crippen LogP contribution is -2.25. The summed E-state index contributed by atoms with van der Waals surface area (Å²) >= 11 is 0. The normalized spacial score (nSPS) is 12.6. The SMILES string of the molecule is CC(CN)Nc1ccc(F)c(F)c1F. The van der Waals surface area contributed by atoms with E-state index in [0.29, 0.717) is 0 Å². The number of hydrogen-bond acceptors (Lipinski definition) is 2. The molecule has 0 bridgehead atoms. The lowest BCUT2D eigenvalue weighted by molar-refractivity contribution is 0.448. The summed E-state index contributed by atoms with van der Waals surface area (Å²) in [5, 5.41) is 2.62. The molecule has 0 aromatic heterocycles. The zero-order valence-corrected chi connectivity index (χ0v) is 7.65. The Hall–Kier alpha value is -1.23. The highest BCUT2D eigenvalue weighted by atomic mass is 19.2. The Morgan fingerprint density at radius 3 is 2.50 bits per heavy atom. The highest BCUT2D eigenvalue weighted by Gasteiger charge is 2.13. The summed E-state index contributed by atoms with van der Waals surface area (Å²) in [5.74, 6) is -3.89. The minimum atomic E-state index is -1.47. The van der Waals surface area contributed by atoms with Gasteiger partial charge in [-0.15, -0.1) is 0 Å². The molecule has 1 unspecified atom stereocenters. The van der Waals surface area contributed by atoms with E-state index in [1.54, 1.807) is 6.92 Å². The monoisotopic (exact) mass is 204 g/mol. The van der Waals surface area contributed by atoms with Crippen LogP contribution in [-0.2, 0) is 0 Å². The summed E-state index contributed by atoms with van der Waals surface area (Å²) in [6.07, 6.45) is 0. The number of hydrogen-bond donors (Lipinski definition) is 2. The molecule has 1 rings (SSSR count). The van der Waals surface area contributed by atoms with Crippen LogP contribution >= 0.6 is 0 Å². The molecule has 78 valence electrons. The summed E-state index contributed by atoms with van der Waals surface area (Å²) in [4.78, 5) is 0. The van der Waals surface area contributed by atoms with Crippen molar-refractivity contribution in [2.24, 2.45) is 5.73 Å². The van der Waals surface area contributed by atoms with Crippen molar-refractivity contribution in [2.45, 2.75) is 13.0 Å². The second-order valence-electron chi connectivity index (χ2n) is 3.00. The van der Waals surface area contributed by atoms with Crippen LogP contribution in [0.3, 0.4) is 0 Å². The van der Waals surface area contributed by atoms with Gasteiger partial charge < -0.3 is 11.1 Å². The second-order valence-corrected chi connectivity index (χ2v) is 3.00. The minimum absolute atomic E-state index is 0.0816. The van der Waals surface area contributed by atoms with Gasteiger partial charge >= 0.3 is 0 Å². The fourth-order valence-corrected chi connectivity index (χ4v) is 0.962. The van der Waals surface area contributed by atoms with Gasteiger partial charge in [-0.3, -0.25) is 0 Å². The van der Waals surface area contributed by atoms with Crippen LogP contribution in [0, 0.1) is 17.5 Å². The summed E-state index contributed by atoms with van der Waals surface area (Å²) in [6.45, 7) is 1.99. The van der Waals surface area contributed by atoms with Gasteiger partial charge in [-0.25, -0.2) is 13.2 Å². The van der Waals surface area contributed by atoms with Crippen LogP contribution < -0.4 is 11.1 Å². The predicted octanol–water partition coefficient (Wildman–Crippen LogP) is 1.86. The summed E-state index contributed by atoms with van der Waals surface area (Å²) in [6, 6.07) is 1.80. The third-order valence-corrected chi connectivity index (χ3v) is 1.79. The Morgan fingerprint density at radius 2 is 1.93 bits per heavy atom. The Balaban J connectivity index is 2.94. The number of rotatable bonds is 3. The smallest absolute Gasteiger partial charge is 0.196 e. The molecule has 0 spiro atoms. The summed E-state index contributed by atoms with van der Waals surface area (Å²) < 4.78 is 38.3. The largest absolute Gasteiger partial charge is 0.379 e. The van der Waals surface area contributed by atoms with Crippen LogP contribution in [0.4, 0.5) is 18.9 Å². The molecule has 1 aromatic carbocycles. The molecule has 0 amide bonds. The van der Waals surface area contributed by atoms with Gasteiger partial charge in [-0.2, -0.15) is 0 Å². The Morgan fingerprint density at radius 1 is 1.29 bits per heavy atom. The van der Waals surface area contributed by atoms with Crippen LogP contribution in [0.5, 0.6) is 0 Å². The van der Waals surface area contributed by atoms with E-state index in [1.807, 2.05) is 0 Å². The van der Waals surface area contributed by atoms with Crippen LogP contribution in [0.15, 0.2) is 12.1 Å². The first-order valence-electron chi connectivity index (χ1n) is 4.16. The first-order chi connectivity index (χ1) is 6.56. The molecular formula is C9H11F3N2. The van der Waals surface area contributed by atoms with Crippen molar-refractivity contribution in [3.8, 4) is 0 Å². The van der Waals surface area contributed by atoms with Gasteiger partial charge in [0.15, 0.2) is 17.5 Å². The molecule has 0 saturated heterocycles. The summed E-state index contributed by atoms with van der Waals surface area (Å²) in [7, 11) is 0. The average Bonchev–Trinajstić information content (AvgIpc) is 2.19. The fourth-order valence-electron chi connectivity index (χ4n) is 0.962. The Labute approximate surface area is 79.9 Å². The van der Waals surface area contributed by atoms with E-state index in [0.717, 1.165) is 12.1 Å². The first kappa shape index (κ1) is 10.8. The molecule has 1 atom stereocenters. The third-order valence-electron chi connectivity index (χ3n) is 1.79. The van der Waals surface area contributed by atoms with E-state index in [4.69, 9.17) is 5.73 Å². The van der Waals surface area contributed by atoms with Crippen LogP contribution in [0.2, 0.25) is 0 Å². The molecule has 0 aliphatic carbocycles. The van der Waals surface area contributed by atoms with E-state index in [1.165, 1.54) is 0 Å². The number of halogens is 3. The number of nitrogens with one attached hydrogen (secondary N) is 1. The molecule has 0 aliphatic rings. The van der Waals surface area contributed by atoms with Gasteiger partial charge in [0.1, 0.15) is 0 Å². The van der Waals surface area contributed by atoms with Crippen molar-refractivity contribution in [3.63, 3.8) is 0 Å². The molecule has 3 N–H and O–H groups in total. The molecule has 5 heteroatoms. The van der Waals surface area contributed by atoms with Crippen LogP contribution in [-0.4, -0.2) is 12.6 Å². The second kappa shape index (κ2) is 4.32. The maximum atomic E-state index is 13.0. The van der Waals surface area contributed by atoms with Gasteiger partial charge in [0.2, 0.25) is 0 Å². The zero-order chi connectivity index (χ0) is 10.7. The van der Waals surface area contributed by atoms with Gasteiger partial charge in [-0.1, -0.05) is 0 Å². The number of nitrogens with two attached hydrogens (primary N) is 1. The average molecular weight is 204 g/mol. The van der Waals surface area contributed by atoms with E-state index in [9.17, 15) is 13.2 Å². The quantitative estimate of drug-likeness (QED) is 0.737. The highest BCUT2D eigenvalue weighted by Crippen LogP contribution is 2.19. The van der Waals surface area contributed by atoms with Crippen molar-refractivity contribution < 1.29 is 13.2 Å². The van der Waals surface area contributed by atoms with Crippen molar-refractivity contribution in [3.05, 3.63) is 29.6 Å². The first-order valence-corrected chi connectivity index (χ1v) is 4.16. The van der Waals surface area contributed by atoms with Gasteiger partial charge in [-0.05, 0) is 19.1 Å². The molecule has 14 heavy (non-hydrogen) atoms. The molecule has 0 fully saturated rings. The zero-order valence-electron chi connectivity index (χ0n) is 7.65. The third kappa shape index (κ3) is 2.17. The lowest BCUT2D eigenvalue weighted by Gasteiger charge is -2.13. The van der Waals surface area contributed by atoms with Gasteiger partial charge in [0.05, 0.1) is 5.69 Å². The van der Waals surface area contributed by atoms with Gasteiger partial charge in [0.25, 0.3) is 0 Å². The van der Waals surface area contributed by atoms with Crippen molar-refractivity contribution in [2.75, 3.05) is 11.9 Å². The Bertz CT molecular complexity index is 328. The molecule has 0 aliphatic heterocycles. The van der Waals surface area contributed by atoms with Crippen molar-refractivity contribution >= 4 is 5.69 Å². The standard InChI is InChI=1S/C9H11F3N2/c1-5(4-13)14-7-3-2-6(10)8(11)9(7)12/h2-3,5,14H,4,13H2,1H3. The predicted molar refractivity (Wildman–Crippen MR) is 48.5 cm³/mol. The maximum Gasteiger partial charge on any atom is 0.196 e. The minimum Gasteiger partial charge on any atom is -0.379 e. The number of benzene rings is 1. The molecular weight excluding hydrogens is 193 g/mol. The maximum absolute atomic E-state index is 13.0. The topological polar surface area (TPSA) is 38.0 Å². The van der Waals surface area contributed by atoms with E-state index in [2.05, 4.69) is 5.32 Å². The van der Waals surface area contributed by atoms with Crippen molar-refractivity contribution in [1.29, 1.82) is 0 Å². The molecule has 0 heterocycles. The lowest BCUT2D eigenvalue weighted by atomic mass is 10.2. The number of anilines is 1. The van der Waals surface area contributed by atoms with E-state index in [-0.39, 0.29) is 18.3 Å². The summed E-state index contributed by atoms with van der Waals surface area (Å²) in [5.41, 5.74) is 5.20. The molecule has 1 aromatic rings. The van der Waals surface area contributed by atoms with Crippen LogP contribution in [0.25, 0.3) is 0 Å². The Kier molecular flexibility index (Phi) is 3.35. The van der Waals surface area contributed by atoms with Crippen molar-refractivity contribution in [1.82, 2.24) is 0 Å². The van der Waals surface area contributed by atoms with Crippen LogP contribution in [0.1, 0.15) is 6.92 Å². The molecule has 0 radical (unpaired) electrons. The van der Waals surface area contributed by atoms with E-state index >= 15 is 0 Å². The molecule has 0 saturated carbocycles. The molecule has 2 nitrogen and oxygen atoms in total. The fraction of sp³-hybridized carbons (Fsp3) is 0.333. The van der Waals surface area contributed by atoms with Gasteiger partial charge in [0, 0.05) is 12.6 Å².